The van der Waals surface area contributed by atoms with Crippen LogP contribution in [-0.2, 0) is 11.3 Å². The largest absolute Gasteiger partial charge is 0.370 e. The smallest absolute Gasteiger partial charge is 0.315 e. The number of rotatable bonds is 5. The highest BCUT2D eigenvalue weighted by molar-refractivity contribution is 5.74. The molecule has 0 aromatic heterocycles. The van der Waals surface area contributed by atoms with Crippen LogP contribution in [0.2, 0.25) is 0 Å². The van der Waals surface area contributed by atoms with E-state index in [1.807, 2.05) is 12.1 Å². The van der Waals surface area contributed by atoms with Gasteiger partial charge < -0.3 is 15.4 Å². The predicted molar refractivity (Wildman–Crippen MR) is 107 cm³/mol. The third kappa shape index (κ3) is 5.03. The van der Waals surface area contributed by atoms with Gasteiger partial charge in [-0.2, -0.15) is 0 Å². The molecule has 3 fully saturated rings. The van der Waals surface area contributed by atoms with Crippen molar-refractivity contribution in [2.24, 2.45) is 0 Å². The molecule has 2 saturated heterocycles. The van der Waals surface area contributed by atoms with Crippen molar-refractivity contribution in [2.75, 3.05) is 19.6 Å². The molecule has 1 saturated carbocycles. The van der Waals surface area contributed by atoms with E-state index in [1.54, 1.807) is 0 Å². The number of urea groups is 1. The Bertz CT molecular complexity index is 652. The van der Waals surface area contributed by atoms with Gasteiger partial charge in [0.2, 0.25) is 0 Å². The zero-order valence-corrected chi connectivity index (χ0v) is 16.6. The standard InChI is InChI=1S/C22H32FN3O2/c23-18-5-3-17(4-6-18)16-26-13-8-19(9-14-26)25-21(27)24-15-20-7-12-22(28-20)10-1-2-11-22/h3-6,19-20H,1-2,7-16H2,(H2,24,25,27). The SMILES string of the molecule is O=C(NCC1CCC2(CCCC2)O1)NC1CCN(Cc2ccc(F)cc2)CC1. The van der Waals surface area contributed by atoms with E-state index in [0.717, 1.165) is 50.9 Å². The molecule has 3 aliphatic rings. The van der Waals surface area contributed by atoms with Crippen LogP contribution in [0.4, 0.5) is 9.18 Å². The van der Waals surface area contributed by atoms with E-state index in [4.69, 9.17) is 4.74 Å². The molecule has 0 radical (unpaired) electrons. The summed E-state index contributed by atoms with van der Waals surface area (Å²) >= 11 is 0. The molecule has 6 heteroatoms. The van der Waals surface area contributed by atoms with Gasteiger partial charge in [-0.15, -0.1) is 0 Å². The first-order chi connectivity index (χ1) is 13.6. The Morgan fingerprint density at radius 3 is 2.54 bits per heavy atom. The molecule has 1 atom stereocenters. The number of hydrogen-bond acceptors (Lipinski definition) is 3. The van der Waals surface area contributed by atoms with Gasteiger partial charge in [0.05, 0.1) is 11.7 Å². The van der Waals surface area contributed by atoms with E-state index >= 15 is 0 Å². The second-order valence-electron chi connectivity index (χ2n) is 8.70. The van der Waals surface area contributed by atoms with Crippen molar-refractivity contribution in [2.45, 2.75) is 75.7 Å². The third-order valence-corrected chi connectivity index (χ3v) is 6.59. The number of likely N-dealkylation sites (tertiary alicyclic amines) is 1. The summed E-state index contributed by atoms with van der Waals surface area (Å²) in [7, 11) is 0. The Kier molecular flexibility index (Phi) is 6.16. The second kappa shape index (κ2) is 8.78. The van der Waals surface area contributed by atoms with Crippen LogP contribution in [0, 0.1) is 5.82 Å². The minimum Gasteiger partial charge on any atom is -0.370 e. The highest BCUT2D eigenvalue weighted by atomic mass is 19.1. The molecule has 2 amide bonds. The summed E-state index contributed by atoms with van der Waals surface area (Å²) in [5.41, 5.74) is 1.25. The molecule has 2 heterocycles. The van der Waals surface area contributed by atoms with Gasteiger partial charge >= 0.3 is 6.03 Å². The number of amides is 2. The van der Waals surface area contributed by atoms with Gasteiger partial charge in [0, 0.05) is 32.2 Å². The van der Waals surface area contributed by atoms with Crippen LogP contribution >= 0.6 is 0 Å². The average Bonchev–Trinajstić information content (AvgIpc) is 3.33. The number of carbonyl (C=O) groups is 1. The molecular weight excluding hydrogens is 357 g/mol. The van der Waals surface area contributed by atoms with Crippen molar-refractivity contribution >= 4 is 6.03 Å². The van der Waals surface area contributed by atoms with Gasteiger partial charge in [0.15, 0.2) is 0 Å². The van der Waals surface area contributed by atoms with Crippen LogP contribution in [0.25, 0.3) is 0 Å². The molecule has 1 aliphatic carbocycles. The van der Waals surface area contributed by atoms with Gasteiger partial charge in [-0.05, 0) is 56.2 Å². The molecule has 2 N–H and O–H groups in total. The van der Waals surface area contributed by atoms with Crippen molar-refractivity contribution in [1.82, 2.24) is 15.5 Å². The topological polar surface area (TPSA) is 53.6 Å². The van der Waals surface area contributed by atoms with Crippen LogP contribution in [0.15, 0.2) is 24.3 Å². The molecule has 5 nitrogen and oxygen atoms in total. The molecule has 1 spiro atoms. The minimum atomic E-state index is -0.195. The lowest BCUT2D eigenvalue weighted by Gasteiger charge is -2.32. The monoisotopic (exact) mass is 389 g/mol. The quantitative estimate of drug-likeness (QED) is 0.809. The van der Waals surface area contributed by atoms with Gasteiger partial charge in [-0.25, -0.2) is 9.18 Å². The van der Waals surface area contributed by atoms with Crippen molar-refractivity contribution in [1.29, 1.82) is 0 Å². The van der Waals surface area contributed by atoms with Crippen LogP contribution in [-0.4, -0.2) is 48.3 Å². The van der Waals surface area contributed by atoms with E-state index < -0.39 is 0 Å². The Balaban J connectivity index is 1.13. The number of benzene rings is 1. The number of nitrogens with zero attached hydrogens (tertiary/aromatic N) is 1. The van der Waals surface area contributed by atoms with E-state index in [-0.39, 0.29) is 29.6 Å². The van der Waals surface area contributed by atoms with Gasteiger partial charge in [0.1, 0.15) is 5.82 Å². The summed E-state index contributed by atoms with van der Waals surface area (Å²) in [4.78, 5) is 14.6. The lowest BCUT2D eigenvalue weighted by atomic mass is 9.98. The number of carbonyl (C=O) groups excluding carboxylic acids is 1. The molecule has 4 rings (SSSR count). The molecular formula is C22H32FN3O2. The molecule has 2 aliphatic heterocycles. The summed E-state index contributed by atoms with van der Waals surface area (Å²) in [6.07, 6.45) is 9.19. The fraction of sp³-hybridized carbons (Fsp3) is 0.682. The van der Waals surface area contributed by atoms with Crippen LogP contribution in [0.1, 0.15) is 56.9 Å². The van der Waals surface area contributed by atoms with Gasteiger partial charge in [-0.1, -0.05) is 25.0 Å². The van der Waals surface area contributed by atoms with Crippen molar-refractivity contribution in [3.8, 4) is 0 Å². The summed E-state index contributed by atoms with van der Waals surface area (Å²) in [6, 6.07) is 6.85. The Labute approximate surface area is 167 Å². The fourth-order valence-corrected chi connectivity index (χ4v) is 4.95. The molecule has 1 aromatic rings. The maximum absolute atomic E-state index is 13.0. The Morgan fingerprint density at radius 1 is 1.11 bits per heavy atom. The maximum Gasteiger partial charge on any atom is 0.315 e. The number of piperidine rings is 1. The van der Waals surface area contributed by atoms with Crippen LogP contribution < -0.4 is 10.6 Å². The molecule has 1 aromatic carbocycles. The van der Waals surface area contributed by atoms with Crippen molar-refractivity contribution < 1.29 is 13.9 Å². The first kappa shape index (κ1) is 19.6. The molecule has 28 heavy (non-hydrogen) atoms. The summed E-state index contributed by atoms with van der Waals surface area (Å²) in [5.74, 6) is -0.195. The second-order valence-corrected chi connectivity index (χ2v) is 8.70. The highest BCUT2D eigenvalue weighted by Crippen LogP contribution is 2.43. The summed E-state index contributed by atoms with van der Waals surface area (Å²) < 4.78 is 19.3. The number of nitrogens with one attached hydrogen (secondary N) is 2. The minimum absolute atomic E-state index is 0.0760. The first-order valence-corrected chi connectivity index (χ1v) is 10.8. The lowest BCUT2D eigenvalue weighted by Crippen LogP contribution is -2.49. The van der Waals surface area contributed by atoms with Crippen LogP contribution in [0.3, 0.4) is 0 Å². The first-order valence-electron chi connectivity index (χ1n) is 10.8. The van der Waals surface area contributed by atoms with E-state index in [1.165, 1.54) is 37.8 Å². The fourth-order valence-electron chi connectivity index (χ4n) is 4.95. The lowest BCUT2D eigenvalue weighted by molar-refractivity contribution is -0.0342. The number of ether oxygens (including phenoxy) is 1. The summed E-state index contributed by atoms with van der Waals surface area (Å²) in [6.45, 7) is 3.32. The maximum atomic E-state index is 13.0. The number of hydrogen-bond donors (Lipinski definition) is 2. The van der Waals surface area contributed by atoms with Gasteiger partial charge in [0.25, 0.3) is 0 Å². The normalized spacial score (nSPS) is 25.2. The van der Waals surface area contributed by atoms with E-state index in [0.29, 0.717) is 6.54 Å². The zero-order chi connectivity index (χ0) is 19.4. The average molecular weight is 390 g/mol. The van der Waals surface area contributed by atoms with Crippen molar-refractivity contribution in [3.63, 3.8) is 0 Å². The molecule has 154 valence electrons. The van der Waals surface area contributed by atoms with E-state index in [9.17, 15) is 9.18 Å². The predicted octanol–water partition coefficient (Wildman–Crippen LogP) is 3.58. The van der Waals surface area contributed by atoms with Gasteiger partial charge in [-0.3, -0.25) is 4.90 Å². The van der Waals surface area contributed by atoms with E-state index in [2.05, 4.69) is 15.5 Å². The zero-order valence-electron chi connectivity index (χ0n) is 16.6. The third-order valence-electron chi connectivity index (χ3n) is 6.59. The summed E-state index contributed by atoms with van der Waals surface area (Å²) in [5, 5.41) is 6.12. The van der Waals surface area contributed by atoms with Crippen molar-refractivity contribution in [3.05, 3.63) is 35.6 Å². The van der Waals surface area contributed by atoms with Crippen LogP contribution in [0.5, 0.6) is 0 Å². The highest BCUT2D eigenvalue weighted by Gasteiger charge is 2.42. The Hall–Kier alpha value is -1.66. The number of halogens is 1. The molecule has 0 bridgehead atoms. The Morgan fingerprint density at radius 2 is 1.82 bits per heavy atom. The molecule has 1 unspecified atom stereocenters.